The number of methoxy groups -OCH3 is 1. The third-order valence-corrected chi connectivity index (χ3v) is 6.55. The Balaban J connectivity index is 1.24. The number of aryl methyl sites for hydroxylation is 2. The van der Waals surface area contributed by atoms with Crippen LogP contribution in [-0.2, 0) is 13.0 Å². The summed E-state index contributed by atoms with van der Waals surface area (Å²) in [6, 6.07) is 2.09. The lowest BCUT2D eigenvalue weighted by molar-refractivity contribution is 0.0781. The van der Waals surface area contributed by atoms with Crippen LogP contribution in [0.5, 0.6) is 11.8 Å². The van der Waals surface area contributed by atoms with E-state index in [2.05, 4.69) is 31.1 Å². The van der Waals surface area contributed by atoms with Crippen LogP contribution in [-0.4, -0.2) is 64.3 Å². The van der Waals surface area contributed by atoms with E-state index in [1.54, 1.807) is 20.4 Å². The topological polar surface area (TPSA) is 107 Å². The number of amides is 1. The number of pyridine rings is 1. The zero-order valence-electron chi connectivity index (χ0n) is 19.7. The summed E-state index contributed by atoms with van der Waals surface area (Å²) >= 11 is 0. The number of likely N-dealkylation sites (tertiary alicyclic amines) is 1. The van der Waals surface area contributed by atoms with Crippen LogP contribution in [0.15, 0.2) is 29.4 Å². The number of rotatable bonds is 6. The van der Waals surface area contributed by atoms with Crippen LogP contribution in [0.4, 0.5) is 5.69 Å². The van der Waals surface area contributed by atoms with E-state index in [0.717, 1.165) is 41.9 Å². The Morgan fingerprint density at radius 1 is 1.21 bits per heavy atom. The minimum atomic E-state index is -0.0419. The number of carbonyl (C=O) groups excluding carboxylic acids is 1. The molecule has 0 aromatic carbocycles. The molecule has 0 radical (unpaired) electrons. The molecule has 3 aromatic rings. The van der Waals surface area contributed by atoms with Crippen LogP contribution in [0.25, 0.3) is 0 Å². The van der Waals surface area contributed by atoms with Gasteiger partial charge < -0.3 is 23.8 Å². The van der Waals surface area contributed by atoms with Crippen molar-refractivity contribution in [1.29, 1.82) is 0 Å². The van der Waals surface area contributed by atoms with Gasteiger partial charge in [0.1, 0.15) is 18.2 Å². The van der Waals surface area contributed by atoms with Gasteiger partial charge in [-0.25, -0.2) is 15.0 Å². The maximum absolute atomic E-state index is 12.7. The van der Waals surface area contributed by atoms with Crippen LogP contribution < -0.4 is 14.4 Å². The molecule has 1 unspecified atom stereocenters. The van der Waals surface area contributed by atoms with Crippen molar-refractivity contribution in [3.63, 3.8) is 0 Å². The van der Waals surface area contributed by atoms with Gasteiger partial charge in [0.25, 0.3) is 5.91 Å². The number of nitrogens with zero attached hydrogens (tertiary/aromatic N) is 6. The van der Waals surface area contributed by atoms with Crippen molar-refractivity contribution >= 4 is 11.6 Å². The third kappa shape index (κ3) is 4.27. The molecule has 178 valence electrons. The number of ether oxygens (including phenoxy) is 2. The third-order valence-electron chi connectivity index (χ3n) is 6.55. The van der Waals surface area contributed by atoms with Crippen molar-refractivity contribution in [3.8, 4) is 11.8 Å². The predicted molar refractivity (Wildman–Crippen MR) is 123 cm³/mol. The van der Waals surface area contributed by atoms with Gasteiger partial charge in [0, 0.05) is 37.5 Å². The Morgan fingerprint density at radius 3 is 2.85 bits per heavy atom. The van der Waals surface area contributed by atoms with E-state index < -0.39 is 0 Å². The van der Waals surface area contributed by atoms with Gasteiger partial charge in [0.2, 0.25) is 11.8 Å². The Kier molecular flexibility index (Phi) is 6.04. The average molecular weight is 465 g/mol. The molecule has 5 rings (SSSR count). The number of hydrogen-bond acceptors (Lipinski definition) is 9. The minimum absolute atomic E-state index is 0.0419. The number of carbonyl (C=O) groups is 1. The number of hydrogen-bond donors (Lipinski definition) is 0. The van der Waals surface area contributed by atoms with Gasteiger partial charge in [-0.15, -0.1) is 0 Å². The monoisotopic (exact) mass is 464 g/mol. The molecule has 34 heavy (non-hydrogen) atoms. The summed E-state index contributed by atoms with van der Waals surface area (Å²) in [6.45, 7) is 7.10. The van der Waals surface area contributed by atoms with Gasteiger partial charge in [-0.2, -0.15) is 0 Å². The van der Waals surface area contributed by atoms with Gasteiger partial charge in [-0.3, -0.25) is 4.79 Å². The molecule has 0 saturated carbocycles. The Morgan fingerprint density at radius 2 is 2.09 bits per heavy atom. The lowest BCUT2D eigenvalue weighted by atomic mass is 10.1. The average Bonchev–Trinajstić information content (AvgIpc) is 3.51. The van der Waals surface area contributed by atoms with Crippen molar-refractivity contribution in [1.82, 2.24) is 25.0 Å². The Hall–Kier alpha value is -3.69. The Labute approximate surface area is 197 Å². The van der Waals surface area contributed by atoms with E-state index in [0.29, 0.717) is 49.3 Å². The van der Waals surface area contributed by atoms with Gasteiger partial charge in [-0.05, 0) is 26.3 Å². The van der Waals surface area contributed by atoms with E-state index in [9.17, 15) is 4.79 Å². The van der Waals surface area contributed by atoms with Crippen LogP contribution in [0.1, 0.15) is 39.3 Å². The fourth-order valence-electron chi connectivity index (χ4n) is 4.61. The summed E-state index contributed by atoms with van der Waals surface area (Å²) in [5.41, 5.74) is 5.19. The van der Waals surface area contributed by atoms with E-state index in [1.165, 1.54) is 6.26 Å². The second-order valence-electron chi connectivity index (χ2n) is 8.83. The number of fused-ring (bicyclic) bond motifs is 1. The smallest absolute Gasteiger partial charge is 0.259 e. The highest BCUT2D eigenvalue weighted by atomic mass is 16.5. The molecule has 3 aromatic heterocycles. The molecule has 1 amide bonds. The van der Waals surface area contributed by atoms with E-state index >= 15 is 0 Å². The van der Waals surface area contributed by atoms with Gasteiger partial charge in [-0.1, -0.05) is 5.16 Å². The molecule has 1 fully saturated rings. The standard InChI is InChI=1S/C24H28N6O4/c1-15-8-18(9-25-22(15)32-3)29-7-5-21-19(11-29)23(27-14-26-21)33-12-17-4-6-30(10-17)24(31)20-13-34-28-16(20)2/h8-9,13-14,17H,4-7,10-12H2,1-3H3. The molecule has 1 saturated heterocycles. The first-order valence-electron chi connectivity index (χ1n) is 11.4. The molecular weight excluding hydrogens is 436 g/mol. The second kappa shape index (κ2) is 9.28. The summed E-state index contributed by atoms with van der Waals surface area (Å²) in [5.74, 6) is 1.45. The predicted octanol–water partition coefficient (Wildman–Crippen LogP) is 2.59. The number of aromatic nitrogens is 4. The Bertz CT molecular complexity index is 1200. The molecule has 0 spiro atoms. The molecule has 0 aliphatic carbocycles. The number of anilines is 1. The van der Waals surface area contributed by atoms with Crippen molar-refractivity contribution in [2.45, 2.75) is 33.2 Å². The molecular formula is C24H28N6O4. The highest BCUT2D eigenvalue weighted by Gasteiger charge is 2.30. The normalized spacial score (nSPS) is 17.6. The minimum Gasteiger partial charge on any atom is -0.481 e. The first kappa shape index (κ1) is 22.1. The van der Waals surface area contributed by atoms with Crippen molar-refractivity contribution in [2.24, 2.45) is 5.92 Å². The van der Waals surface area contributed by atoms with Crippen LogP contribution in [0, 0.1) is 19.8 Å². The molecule has 10 heteroatoms. The van der Waals surface area contributed by atoms with Crippen LogP contribution in [0.3, 0.4) is 0 Å². The van der Waals surface area contributed by atoms with E-state index in [4.69, 9.17) is 14.0 Å². The summed E-state index contributed by atoms with van der Waals surface area (Å²) < 4.78 is 16.4. The lowest BCUT2D eigenvalue weighted by Gasteiger charge is -2.31. The van der Waals surface area contributed by atoms with Gasteiger partial charge in [0.15, 0.2) is 0 Å². The molecule has 2 aliphatic rings. The molecule has 0 bridgehead atoms. The van der Waals surface area contributed by atoms with Crippen molar-refractivity contribution < 1.29 is 18.8 Å². The molecule has 2 aliphatic heterocycles. The second-order valence-corrected chi connectivity index (χ2v) is 8.83. The largest absolute Gasteiger partial charge is 0.481 e. The SMILES string of the molecule is COc1ncc(N2CCc3ncnc(OCC4CCN(C(=O)c5conc5C)C4)c3C2)cc1C. The van der Waals surface area contributed by atoms with Gasteiger partial charge in [0.05, 0.1) is 49.1 Å². The first-order chi connectivity index (χ1) is 16.5. The van der Waals surface area contributed by atoms with Crippen LogP contribution >= 0.6 is 0 Å². The molecule has 10 nitrogen and oxygen atoms in total. The molecule has 0 N–H and O–H groups in total. The highest BCUT2D eigenvalue weighted by molar-refractivity contribution is 5.95. The lowest BCUT2D eigenvalue weighted by Crippen LogP contribution is -2.32. The maximum atomic E-state index is 12.7. The first-order valence-corrected chi connectivity index (χ1v) is 11.4. The summed E-state index contributed by atoms with van der Waals surface area (Å²) in [7, 11) is 1.63. The quantitative estimate of drug-likeness (QED) is 0.544. The zero-order valence-corrected chi connectivity index (χ0v) is 19.7. The van der Waals surface area contributed by atoms with E-state index in [1.807, 2.05) is 18.0 Å². The summed E-state index contributed by atoms with van der Waals surface area (Å²) in [4.78, 5) is 30.2. The summed E-state index contributed by atoms with van der Waals surface area (Å²) in [6.07, 6.45) is 6.51. The summed E-state index contributed by atoms with van der Waals surface area (Å²) in [5, 5.41) is 3.81. The van der Waals surface area contributed by atoms with Gasteiger partial charge >= 0.3 is 0 Å². The van der Waals surface area contributed by atoms with Crippen LogP contribution in [0.2, 0.25) is 0 Å². The molecule has 1 atom stereocenters. The zero-order chi connectivity index (χ0) is 23.7. The fourth-order valence-corrected chi connectivity index (χ4v) is 4.61. The van der Waals surface area contributed by atoms with E-state index in [-0.39, 0.29) is 11.8 Å². The van der Waals surface area contributed by atoms with Crippen molar-refractivity contribution in [2.75, 3.05) is 38.3 Å². The highest BCUT2D eigenvalue weighted by Crippen LogP contribution is 2.30. The van der Waals surface area contributed by atoms with Crippen molar-refractivity contribution in [3.05, 3.63) is 52.9 Å². The molecule has 5 heterocycles. The maximum Gasteiger partial charge on any atom is 0.259 e. The fraction of sp³-hybridized carbons (Fsp3) is 0.458.